The molecule has 1 aromatic rings. The van der Waals surface area contributed by atoms with Crippen molar-refractivity contribution < 1.29 is 14.5 Å². The van der Waals surface area contributed by atoms with Gasteiger partial charge in [-0.15, -0.1) is 0 Å². The Hall–Kier alpha value is -1.69. The third-order valence-corrected chi connectivity index (χ3v) is 4.34. The Morgan fingerprint density at radius 2 is 2.00 bits per heavy atom. The average Bonchev–Trinajstić information content (AvgIpc) is 2.99. The summed E-state index contributed by atoms with van der Waals surface area (Å²) in [6, 6.07) is 7.02. The minimum absolute atomic E-state index is 0.407. The normalized spacial score (nSPS) is 16.0. The largest absolute Gasteiger partial charge is 0.446 e. The summed E-state index contributed by atoms with van der Waals surface area (Å²) in [5, 5.41) is 11.4. The van der Waals surface area contributed by atoms with Crippen molar-refractivity contribution in [2.45, 2.75) is 44.8 Å². The molecule has 0 radical (unpaired) electrons. The standard InChI is InChI=1S/C16H18BrNO4/c1-16(2,18(20)21)14(11-7-9-13(17)10-8-11)22-15(19)12-5-3-4-6-12/h5,7-10,14H,3-4,6H2,1-2H3/t14-/m0/s1. The Bertz CT molecular complexity index is 607. The van der Waals surface area contributed by atoms with Crippen LogP contribution in [0.1, 0.15) is 44.8 Å². The van der Waals surface area contributed by atoms with Gasteiger partial charge >= 0.3 is 5.97 Å². The Balaban J connectivity index is 2.31. The zero-order valence-corrected chi connectivity index (χ0v) is 14.1. The van der Waals surface area contributed by atoms with Crippen LogP contribution in [0.15, 0.2) is 40.4 Å². The van der Waals surface area contributed by atoms with Gasteiger partial charge in [0.05, 0.1) is 0 Å². The van der Waals surface area contributed by atoms with E-state index in [4.69, 9.17) is 4.74 Å². The SMILES string of the molecule is CC(C)([C@@H](OC(=O)C1=CCCC1)c1ccc(Br)cc1)[N+](=O)[O-]. The van der Waals surface area contributed by atoms with Crippen molar-refractivity contribution in [1.29, 1.82) is 0 Å². The number of allylic oxidation sites excluding steroid dienone is 1. The topological polar surface area (TPSA) is 69.4 Å². The third-order valence-electron chi connectivity index (χ3n) is 3.81. The van der Waals surface area contributed by atoms with Gasteiger partial charge in [-0.25, -0.2) is 4.79 Å². The van der Waals surface area contributed by atoms with Crippen molar-refractivity contribution in [1.82, 2.24) is 0 Å². The van der Waals surface area contributed by atoms with Crippen molar-refractivity contribution in [3.8, 4) is 0 Å². The van der Waals surface area contributed by atoms with E-state index in [0.29, 0.717) is 17.6 Å². The zero-order chi connectivity index (χ0) is 16.3. The molecule has 1 aliphatic rings. The zero-order valence-electron chi connectivity index (χ0n) is 12.5. The Morgan fingerprint density at radius 1 is 1.36 bits per heavy atom. The van der Waals surface area contributed by atoms with E-state index in [2.05, 4.69) is 15.9 Å². The van der Waals surface area contributed by atoms with E-state index in [-0.39, 0.29) is 0 Å². The highest BCUT2D eigenvalue weighted by molar-refractivity contribution is 9.10. The summed E-state index contributed by atoms with van der Waals surface area (Å²) in [6.07, 6.45) is 3.35. The number of ether oxygens (including phenoxy) is 1. The predicted octanol–water partition coefficient (Wildman–Crippen LogP) is 4.20. The van der Waals surface area contributed by atoms with Crippen LogP contribution >= 0.6 is 15.9 Å². The number of carbonyl (C=O) groups excluding carboxylic acids is 1. The van der Waals surface area contributed by atoms with Crippen LogP contribution in [0.2, 0.25) is 0 Å². The van der Waals surface area contributed by atoms with Crippen LogP contribution in [0, 0.1) is 10.1 Å². The van der Waals surface area contributed by atoms with Gasteiger partial charge in [0, 0.05) is 28.8 Å². The second kappa shape index (κ2) is 6.60. The van der Waals surface area contributed by atoms with Crippen molar-refractivity contribution >= 4 is 21.9 Å². The second-order valence-corrected chi connectivity index (χ2v) is 6.78. The molecule has 0 fully saturated rings. The van der Waals surface area contributed by atoms with E-state index >= 15 is 0 Å². The van der Waals surface area contributed by atoms with Gasteiger partial charge in [0.1, 0.15) is 0 Å². The summed E-state index contributed by atoms with van der Waals surface area (Å²) in [7, 11) is 0. The summed E-state index contributed by atoms with van der Waals surface area (Å²) in [4.78, 5) is 23.2. The second-order valence-electron chi connectivity index (χ2n) is 5.87. The molecule has 0 unspecified atom stereocenters. The molecule has 0 saturated carbocycles. The fraction of sp³-hybridized carbons (Fsp3) is 0.438. The molecule has 2 rings (SSSR count). The Morgan fingerprint density at radius 3 is 2.50 bits per heavy atom. The van der Waals surface area contributed by atoms with Crippen LogP contribution in [0.4, 0.5) is 0 Å². The molecule has 6 heteroatoms. The molecule has 0 saturated heterocycles. The molecular weight excluding hydrogens is 350 g/mol. The van der Waals surface area contributed by atoms with Crippen molar-refractivity contribution in [2.24, 2.45) is 0 Å². The van der Waals surface area contributed by atoms with Gasteiger partial charge in [0.25, 0.3) is 5.54 Å². The molecule has 1 aromatic carbocycles. The molecule has 5 nitrogen and oxygen atoms in total. The highest BCUT2D eigenvalue weighted by atomic mass is 79.9. The number of carbonyl (C=O) groups is 1. The molecule has 22 heavy (non-hydrogen) atoms. The van der Waals surface area contributed by atoms with E-state index in [1.54, 1.807) is 24.3 Å². The first kappa shape index (κ1) is 16.7. The average molecular weight is 368 g/mol. The maximum atomic E-state index is 12.2. The number of hydrogen-bond donors (Lipinski definition) is 0. The molecule has 118 valence electrons. The molecule has 0 aromatic heterocycles. The lowest BCUT2D eigenvalue weighted by Crippen LogP contribution is -2.40. The number of rotatable bonds is 5. The molecule has 0 amide bonds. The Labute approximate surface area is 137 Å². The van der Waals surface area contributed by atoms with Gasteiger partial charge < -0.3 is 4.74 Å². The van der Waals surface area contributed by atoms with E-state index < -0.39 is 22.5 Å². The van der Waals surface area contributed by atoms with Gasteiger partial charge in [-0.1, -0.05) is 34.1 Å². The van der Waals surface area contributed by atoms with Crippen LogP contribution < -0.4 is 0 Å². The minimum atomic E-state index is -1.41. The van der Waals surface area contributed by atoms with Crippen LogP contribution in [0.25, 0.3) is 0 Å². The lowest BCUT2D eigenvalue weighted by molar-refractivity contribution is -0.574. The molecule has 0 bridgehead atoms. The van der Waals surface area contributed by atoms with E-state index in [1.165, 1.54) is 13.8 Å². The number of esters is 1. The maximum absolute atomic E-state index is 12.2. The van der Waals surface area contributed by atoms with Crippen LogP contribution in [0.5, 0.6) is 0 Å². The monoisotopic (exact) mass is 367 g/mol. The van der Waals surface area contributed by atoms with Crippen molar-refractivity contribution in [3.63, 3.8) is 0 Å². The first-order valence-electron chi connectivity index (χ1n) is 7.12. The molecule has 0 N–H and O–H groups in total. The van der Waals surface area contributed by atoms with E-state index in [1.807, 2.05) is 6.08 Å². The van der Waals surface area contributed by atoms with Crippen LogP contribution in [-0.2, 0) is 9.53 Å². The third kappa shape index (κ3) is 3.55. The van der Waals surface area contributed by atoms with Gasteiger partial charge in [0.15, 0.2) is 6.10 Å². The Kier molecular flexibility index (Phi) is 5.01. The number of nitrogens with zero attached hydrogens (tertiary/aromatic N) is 1. The smallest absolute Gasteiger partial charge is 0.334 e. The lowest BCUT2D eigenvalue weighted by Gasteiger charge is -2.27. The number of halogens is 1. The molecule has 0 aliphatic heterocycles. The van der Waals surface area contributed by atoms with Crippen LogP contribution in [0.3, 0.4) is 0 Å². The summed E-state index contributed by atoms with van der Waals surface area (Å²) in [6.45, 7) is 2.94. The minimum Gasteiger partial charge on any atom is -0.446 e. The summed E-state index contributed by atoms with van der Waals surface area (Å²) in [5.74, 6) is -0.458. The molecule has 0 spiro atoms. The van der Waals surface area contributed by atoms with Crippen molar-refractivity contribution in [3.05, 3.63) is 56.1 Å². The molecule has 1 aliphatic carbocycles. The van der Waals surface area contributed by atoms with E-state index in [0.717, 1.165) is 17.3 Å². The van der Waals surface area contributed by atoms with Gasteiger partial charge in [0.2, 0.25) is 0 Å². The van der Waals surface area contributed by atoms with Crippen molar-refractivity contribution in [2.75, 3.05) is 0 Å². The van der Waals surface area contributed by atoms with Crippen LogP contribution in [-0.4, -0.2) is 16.4 Å². The summed E-state index contributed by atoms with van der Waals surface area (Å²) >= 11 is 3.33. The first-order valence-corrected chi connectivity index (χ1v) is 7.91. The highest BCUT2D eigenvalue weighted by Gasteiger charge is 2.45. The summed E-state index contributed by atoms with van der Waals surface area (Å²) in [5.41, 5.74) is -0.194. The fourth-order valence-electron chi connectivity index (χ4n) is 2.39. The predicted molar refractivity (Wildman–Crippen MR) is 86.0 cm³/mol. The van der Waals surface area contributed by atoms with Gasteiger partial charge in [-0.05, 0) is 37.0 Å². The molecular formula is C16H18BrNO4. The highest BCUT2D eigenvalue weighted by Crippen LogP contribution is 2.34. The van der Waals surface area contributed by atoms with Gasteiger partial charge in [-0.2, -0.15) is 0 Å². The lowest BCUT2D eigenvalue weighted by atomic mass is 9.91. The van der Waals surface area contributed by atoms with Gasteiger partial charge in [-0.3, -0.25) is 10.1 Å². The number of hydrogen-bond acceptors (Lipinski definition) is 4. The number of nitro groups is 1. The quantitative estimate of drug-likeness (QED) is 0.444. The molecule has 0 heterocycles. The summed E-state index contributed by atoms with van der Waals surface area (Å²) < 4.78 is 6.38. The van der Waals surface area contributed by atoms with E-state index in [9.17, 15) is 14.9 Å². The number of benzene rings is 1. The molecule has 1 atom stereocenters. The fourth-order valence-corrected chi connectivity index (χ4v) is 2.66. The first-order chi connectivity index (χ1) is 10.3. The maximum Gasteiger partial charge on any atom is 0.334 e.